The summed E-state index contributed by atoms with van der Waals surface area (Å²) in [5.41, 5.74) is 3.12. The van der Waals surface area contributed by atoms with Crippen molar-refractivity contribution in [2.24, 2.45) is 11.7 Å². The quantitative estimate of drug-likeness (QED) is 0.0918. The first-order valence-corrected chi connectivity index (χ1v) is 19.2. The van der Waals surface area contributed by atoms with Gasteiger partial charge in [0.05, 0.1) is 105 Å². The van der Waals surface area contributed by atoms with Crippen molar-refractivity contribution in [1.82, 2.24) is 5.32 Å². The Morgan fingerprint density at radius 1 is 0.782 bits per heavy atom. The van der Waals surface area contributed by atoms with Gasteiger partial charge in [-0.2, -0.15) is 0 Å². The minimum Gasteiger partial charge on any atom is -0.496 e. The Balaban J connectivity index is 1.14. The average Bonchev–Trinajstić information content (AvgIpc) is 3.58. The van der Waals surface area contributed by atoms with Crippen molar-refractivity contribution in [3.8, 4) is 17.2 Å². The lowest BCUT2D eigenvalue weighted by atomic mass is 9.70. The van der Waals surface area contributed by atoms with Crippen LogP contribution in [0.5, 0.6) is 17.2 Å². The highest BCUT2D eigenvalue weighted by molar-refractivity contribution is 9.10. The number of aliphatic hydroxyl groups excluding tert-OH is 1. The number of rotatable bonds is 25. The number of amides is 1. The first-order valence-electron chi connectivity index (χ1n) is 18.4. The van der Waals surface area contributed by atoms with Crippen LogP contribution in [0.25, 0.3) is 0 Å². The number of nitrogens with two attached hydrogens (primary N) is 1. The molecule has 1 aliphatic carbocycles. The molecule has 15 heteroatoms. The maximum atomic E-state index is 14.2. The van der Waals surface area contributed by atoms with Gasteiger partial charge in [-0.15, -0.1) is 0 Å². The summed E-state index contributed by atoms with van der Waals surface area (Å²) in [4.78, 5) is 14.2. The minimum atomic E-state index is -2.11. The highest BCUT2D eigenvalue weighted by atomic mass is 79.9. The molecule has 5 rings (SSSR count). The number of halogens is 1. The van der Waals surface area contributed by atoms with Crippen molar-refractivity contribution < 1.29 is 57.6 Å². The smallest absolute Gasteiger partial charge is 0.226 e. The highest BCUT2D eigenvalue weighted by Gasteiger charge is 2.78. The SMILES string of the molecule is COc1cc(OC)c2c(c1)O[C@@]1(c3ccc(Br)cc3)[C@H](c3ccccc3)[C@@H](C(=O)NCCOCCOCCOCCOCCOCCOCCN)[C@@H](O)[C@@]21O. The number of methoxy groups -OCH3 is 2. The van der Waals surface area contributed by atoms with Crippen LogP contribution in [0.3, 0.4) is 0 Å². The summed E-state index contributed by atoms with van der Waals surface area (Å²) in [6.07, 6.45) is -1.61. The number of ether oxygens (including phenoxy) is 9. The van der Waals surface area contributed by atoms with Crippen LogP contribution in [0, 0.1) is 5.92 Å². The van der Waals surface area contributed by atoms with Crippen LogP contribution in [-0.2, 0) is 44.4 Å². The van der Waals surface area contributed by atoms with Gasteiger partial charge in [0.25, 0.3) is 0 Å². The van der Waals surface area contributed by atoms with Crippen molar-refractivity contribution in [3.05, 3.63) is 87.9 Å². The van der Waals surface area contributed by atoms with Crippen LogP contribution in [0.1, 0.15) is 22.6 Å². The zero-order valence-corrected chi connectivity index (χ0v) is 33.0. The van der Waals surface area contributed by atoms with Gasteiger partial charge >= 0.3 is 0 Å². The van der Waals surface area contributed by atoms with Crippen molar-refractivity contribution in [2.45, 2.75) is 23.2 Å². The topological polar surface area (TPSA) is 179 Å². The summed E-state index contributed by atoms with van der Waals surface area (Å²) < 4.78 is 51.8. The molecule has 1 heterocycles. The zero-order chi connectivity index (χ0) is 39.1. The number of aliphatic hydroxyl groups is 2. The zero-order valence-electron chi connectivity index (χ0n) is 31.4. The van der Waals surface area contributed by atoms with Crippen molar-refractivity contribution in [1.29, 1.82) is 0 Å². The molecule has 5 atom stereocenters. The van der Waals surface area contributed by atoms with Gasteiger partial charge < -0.3 is 63.9 Å². The monoisotopic (exact) mass is 832 g/mol. The van der Waals surface area contributed by atoms with Gasteiger partial charge in [-0.25, -0.2) is 0 Å². The summed E-state index contributed by atoms with van der Waals surface area (Å²) in [5.74, 6) is -1.44. The summed E-state index contributed by atoms with van der Waals surface area (Å²) in [6.45, 7) is 5.79. The Bertz CT molecular complexity index is 1620. The number of carbonyl (C=O) groups excluding carboxylic acids is 1. The number of benzene rings is 3. The number of hydrogen-bond donors (Lipinski definition) is 4. The van der Waals surface area contributed by atoms with Crippen LogP contribution in [0.4, 0.5) is 0 Å². The van der Waals surface area contributed by atoms with E-state index in [1.165, 1.54) is 14.2 Å². The van der Waals surface area contributed by atoms with E-state index in [0.29, 0.717) is 96.1 Å². The van der Waals surface area contributed by atoms with Crippen LogP contribution in [0.2, 0.25) is 0 Å². The molecule has 2 aliphatic rings. The molecule has 0 spiro atoms. The van der Waals surface area contributed by atoms with Crippen molar-refractivity contribution in [3.63, 3.8) is 0 Å². The summed E-state index contributed by atoms with van der Waals surface area (Å²) in [6, 6.07) is 19.9. The molecule has 0 radical (unpaired) electrons. The number of carbonyl (C=O) groups is 1. The summed E-state index contributed by atoms with van der Waals surface area (Å²) in [7, 11) is 2.99. The molecule has 0 aromatic heterocycles. The molecule has 1 fully saturated rings. The molecule has 0 bridgehead atoms. The van der Waals surface area contributed by atoms with E-state index in [9.17, 15) is 15.0 Å². The Labute approximate surface area is 330 Å². The molecular weight excluding hydrogens is 780 g/mol. The second kappa shape index (κ2) is 21.3. The van der Waals surface area contributed by atoms with Crippen LogP contribution in [0.15, 0.2) is 71.2 Å². The first-order chi connectivity index (χ1) is 26.8. The van der Waals surface area contributed by atoms with Gasteiger partial charge in [-0.3, -0.25) is 4.79 Å². The second-order valence-corrected chi connectivity index (χ2v) is 13.8. The van der Waals surface area contributed by atoms with Crippen LogP contribution >= 0.6 is 15.9 Å². The fourth-order valence-corrected chi connectivity index (χ4v) is 7.57. The normalized spacial score (nSPS) is 22.5. The summed E-state index contributed by atoms with van der Waals surface area (Å²) >= 11 is 3.51. The molecule has 5 N–H and O–H groups in total. The van der Waals surface area contributed by atoms with Crippen LogP contribution in [-0.4, -0.2) is 129 Å². The van der Waals surface area contributed by atoms with E-state index in [4.69, 9.17) is 48.4 Å². The standard InChI is InChI=1S/C40H53BrN2O12/c1-47-31-26-32(48-2)36-33(27-31)55-40(29-8-10-30(41)11-9-29)35(28-6-4-3-5-7-28)34(37(44)39(36,40)46)38(45)43-13-15-50-17-19-52-21-23-54-25-24-53-22-20-51-18-16-49-14-12-42/h3-11,26-27,34-35,37,44,46H,12-25,42H2,1-2H3,(H,43,45)/t34-,35-,37-,39+,40+/m1/s1. The van der Waals surface area contributed by atoms with E-state index >= 15 is 0 Å². The van der Waals surface area contributed by atoms with E-state index in [1.54, 1.807) is 12.1 Å². The Kier molecular flexibility index (Phi) is 16.5. The molecule has 0 saturated heterocycles. The average molecular weight is 834 g/mol. The maximum absolute atomic E-state index is 14.2. The van der Waals surface area contributed by atoms with Crippen molar-refractivity contribution >= 4 is 21.8 Å². The fraction of sp³-hybridized carbons (Fsp3) is 0.525. The molecule has 0 unspecified atom stereocenters. The lowest BCUT2D eigenvalue weighted by Crippen LogP contribution is -2.52. The first kappa shape index (κ1) is 42.8. The predicted octanol–water partition coefficient (Wildman–Crippen LogP) is 2.89. The molecule has 1 amide bonds. The molecule has 1 saturated carbocycles. The number of nitrogens with one attached hydrogen (secondary N) is 1. The largest absolute Gasteiger partial charge is 0.496 e. The second-order valence-electron chi connectivity index (χ2n) is 12.9. The highest BCUT2D eigenvalue weighted by Crippen LogP contribution is 2.70. The van der Waals surface area contributed by atoms with E-state index in [0.717, 1.165) is 4.47 Å². The Morgan fingerprint density at radius 2 is 1.33 bits per heavy atom. The molecule has 3 aromatic carbocycles. The van der Waals surface area contributed by atoms with E-state index in [-0.39, 0.29) is 30.2 Å². The molecular formula is C40H53BrN2O12. The van der Waals surface area contributed by atoms with Gasteiger partial charge in [-0.1, -0.05) is 58.4 Å². The van der Waals surface area contributed by atoms with Gasteiger partial charge in [0.2, 0.25) is 5.91 Å². The maximum Gasteiger partial charge on any atom is 0.226 e. The van der Waals surface area contributed by atoms with E-state index in [2.05, 4.69) is 21.2 Å². The van der Waals surface area contributed by atoms with Gasteiger partial charge in [0.1, 0.15) is 23.4 Å². The molecule has 1 aliphatic heterocycles. The third-order valence-corrected chi connectivity index (χ3v) is 10.2. The predicted molar refractivity (Wildman–Crippen MR) is 206 cm³/mol. The number of fused-ring (bicyclic) bond motifs is 3. The molecule has 55 heavy (non-hydrogen) atoms. The third kappa shape index (κ3) is 9.79. The molecule has 3 aromatic rings. The third-order valence-electron chi connectivity index (χ3n) is 9.68. The fourth-order valence-electron chi connectivity index (χ4n) is 7.30. The number of hydrogen-bond acceptors (Lipinski definition) is 13. The lowest BCUT2D eigenvalue weighted by molar-refractivity contribution is -0.154. The Morgan fingerprint density at radius 3 is 1.85 bits per heavy atom. The van der Waals surface area contributed by atoms with E-state index < -0.39 is 35.0 Å². The van der Waals surface area contributed by atoms with Crippen LogP contribution < -0.4 is 25.3 Å². The lowest BCUT2D eigenvalue weighted by Gasteiger charge is -2.40. The summed E-state index contributed by atoms with van der Waals surface area (Å²) in [5, 5.41) is 28.3. The minimum absolute atomic E-state index is 0.168. The molecule has 302 valence electrons. The Hall–Kier alpha value is -3.35. The van der Waals surface area contributed by atoms with Gasteiger partial charge in [0.15, 0.2) is 11.2 Å². The van der Waals surface area contributed by atoms with Gasteiger partial charge in [0, 0.05) is 35.6 Å². The van der Waals surface area contributed by atoms with E-state index in [1.807, 2.05) is 54.6 Å². The van der Waals surface area contributed by atoms with Crippen molar-refractivity contribution in [2.75, 3.05) is 107 Å². The molecule has 14 nitrogen and oxygen atoms in total. The van der Waals surface area contributed by atoms with Gasteiger partial charge in [-0.05, 0) is 23.3 Å².